The highest BCUT2D eigenvalue weighted by Crippen LogP contribution is 2.37. The lowest BCUT2D eigenvalue weighted by atomic mass is 10.2. The second-order valence-electron chi connectivity index (χ2n) is 7.17. The SMILES string of the molecule is COc1cc(/C=N/NC(=O)C(=O)Nc2ccc(Br)cc2C)cc(Br)c1OCc1ccc(Cl)cc1Cl. The number of ether oxygens (including phenoxy) is 2. The Hall–Kier alpha value is -2.59. The molecule has 0 unspecified atom stereocenters. The Labute approximate surface area is 229 Å². The number of carbonyl (C=O) groups is 2. The highest BCUT2D eigenvalue weighted by atomic mass is 79.9. The maximum atomic E-state index is 12.2. The normalized spacial score (nSPS) is 10.8. The smallest absolute Gasteiger partial charge is 0.329 e. The molecule has 35 heavy (non-hydrogen) atoms. The maximum Gasteiger partial charge on any atom is 0.329 e. The van der Waals surface area contributed by atoms with Crippen molar-refractivity contribution in [1.82, 2.24) is 5.43 Å². The third-order valence-corrected chi connectivity index (χ3v) is 6.33. The van der Waals surface area contributed by atoms with Crippen molar-refractivity contribution in [2.75, 3.05) is 12.4 Å². The monoisotopic (exact) mass is 641 g/mol. The molecule has 3 aromatic carbocycles. The molecule has 0 saturated carbocycles. The van der Waals surface area contributed by atoms with E-state index in [4.69, 9.17) is 32.7 Å². The first-order valence-electron chi connectivity index (χ1n) is 10.0. The molecular formula is C24H19Br2Cl2N3O4. The van der Waals surface area contributed by atoms with Crippen LogP contribution < -0.4 is 20.2 Å². The topological polar surface area (TPSA) is 89.0 Å². The highest BCUT2D eigenvalue weighted by molar-refractivity contribution is 9.10. The fourth-order valence-electron chi connectivity index (χ4n) is 2.91. The lowest BCUT2D eigenvalue weighted by Gasteiger charge is -2.14. The molecule has 2 amide bonds. The molecule has 0 fully saturated rings. The summed E-state index contributed by atoms with van der Waals surface area (Å²) in [5, 5.41) is 7.44. The van der Waals surface area contributed by atoms with Gasteiger partial charge in [-0.05, 0) is 76.4 Å². The van der Waals surface area contributed by atoms with E-state index in [9.17, 15) is 9.59 Å². The Morgan fingerprint density at radius 1 is 1.06 bits per heavy atom. The van der Waals surface area contributed by atoms with Crippen LogP contribution in [0.15, 0.2) is 62.6 Å². The lowest BCUT2D eigenvalue weighted by molar-refractivity contribution is -0.136. The van der Waals surface area contributed by atoms with Crippen LogP contribution in [0.3, 0.4) is 0 Å². The molecule has 0 aliphatic carbocycles. The van der Waals surface area contributed by atoms with Crippen LogP contribution in [-0.4, -0.2) is 25.1 Å². The van der Waals surface area contributed by atoms with Crippen molar-refractivity contribution in [3.63, 3.8) is 0 Å². The Morgan fingerprint density at radius 3 is 2.51 bits per heavy atom. The first kappa shape index (κ1) is 27.0. The first-order valence-corrected chi connectivity index (χ1v) is 12.4. The lowest BCUT2D eigenvalue weighted by Crippen LogP contribution is -2.32. The van der Waals surface area contributed by atoms with Gasteiger partial charge in [-0.3, -0.25) is 9.59 Å². The van der Waals surface area contributed by atoms with E-state index in [0.717, 1.165) is 15.6 Å². The summed E-state index contributed by atoms with van der Waals surface area (Å²) in [6.07, 6.45) is 1.38. The third-order valence-electron chi connectivity index (χ3n) is 4.66. The highest BCUT2D eigenvalue weighted by Gasteiger charge is 2.15. The van der Waals surface area contributed by atoms with Crippen molar-refractivity contribution in [2.24, 2.45) is 5.10 Å². The number of nitrogens with zero attached hydrogens (tertiary/aromatic N) is 1. The van der Waals surface area contributed by atoms with Gasteiger partial charge in [0.1, 0.15) is 6.61 Å². The van der Waals surface area contributed by atoms with Gasteiger partial charge in [-0.15, -0.1) is 0 Å². The molecule has 0 aliphatic rings. The van der Waals surface area contributed by atoms with Gasteiger partial charge in [-0.1, -0.05) is 45.2 Å². The molecule has 7 nitrogen and oxygen atoms in total. The van der Waals surface area contributed by atoms with Crippen molar-refractivity contribution in [3.05, 3.63) is 84.2 Å². The fraction of sp³-hybridized carbons (Fsp3) is 0.125. The van der Waals surface area contributed by atoms with Crippen molar-refractivity contribution < 1.29 is 19.1 Å². The Morgan fingerprint density at radius 2 is 1.83 bits per heavy atom. The number of anilines is 1. The predicted octanol–water partition coefficient (Wildman–Crippen LogP) is 6.50. The molecule has 0 saturated heterocycles. The van der Waals surface area contributed by atoms with Crippen molar-refractivity contribution in [3.8, 4) is 11.5 Å². The van der Waals surface area contributed by atoms with Crippen LogP contribution >= 0.6 is 55.1 Å². The van der Waals surface area contributed by atoms with Crippen LogP contribution in [0.1, 0.15) is 16.7 Å². The van der Waals surface area contributed by atoms with Gasteiger partial charge in [0.05, 0.1) is 17.8 Å². The van der Waals surface area contributed by atoms with Crippen LogP contribution in [0, 0.1) is 6.92 Å². The molecule has 0 aromatic heterocycles. The summed E-state index contributed by atoms with van der Waals surface area (Å²) in [6, 6.07) is 13.8. The first-order chi connectivity index (χ1) is 16.7. The average molecular weight is 644 g/mol. The van der Waals surface area contributed by atoms with Crippen LogP contribution in [0.2, 0.25) is 10.0 Å². The number of nitrogens with one attached hydrogen (secondary N) is 2. The van der Waals surface area contributed by atoms with Gasteiger partial charge in [0.2, 0.25) is 0 Å². The number of hydrogen-bond donors (Lipinski definition) is 2. The minimum absolute atomic E-state index is 0.196. The standard InChI is InChI=1S/C24H19Br2Cl2N3O4/c1-13-7-16(25)4-6-20(13)30-23(32)24(33)31-29-11-14-8-18(26)22(21(9-14)34-2)35-12-15-3-5-17(27)10-19(15)28/h3-11H,12H2,1-2H3,(H,30,32)(H,31,33)/b29-11+. The number of methoxy groups -OCH3 is 1. The van der Waals surface area contributed by atoms with E-state index in [2.05, 4.69) is 47.7 Å². The van der Waals surface area contributed by atoms with Gasteiger partial charge in [-0.2, -0.15) is 5.10 Å². The molecule has 0 heterocycles. The van der Waals surface area contributed by atoms with E-state index < -0.39 is 11.8 Å². The Bertz CT molecular complexity index is 1300. The van der Waals surface area contributed by atoms with Crippen LogP contribution in [0.25, 0.3) is 0 Å². The molecule has 3 rings (SSSR count). The molecular weight excluding hydrogens is 625 g/mol. The molecule has 3 aromatic rings. The number of hydrazone groups is 1. The molecule has 182 valence electrons. The van der Waals surface area contributed by atoms with E-state index in [0.29, 0.717) is 37.3 Å². The predicted molar refractivity (Wildman–Crippen MR) is 145 cm³/mol. The molecule has 0 spiro atoms. The summed E-state index contributed by atoms with van der Waals surface area (Å²) >= 11 is 19.0. The van der Waals surface area contributed by atoms with Crippen LogP contribution in [0.5, 0.6) is 11.5 Å². The molecule has 11 heteroatoms. The van der Waals surface area contributed by atoms with Gasteiger partial charge in [-0.25, -0.2) is 5.43 Å². The number of aryl methyl sites for hydroxylation is 1. The number of amides is 2. The molecule has 0 aliphatic heterocycles. The largest absolute Gasteiger partial charge is 0.493 e. The summed E-state index contributed by atoms with van der Waals surface area (Å²) in [7, 11) is 1.50. The summed E-state index contributed by atoms with van der Waals surface area (Å²) in [4.78, 5) is 24.3. The van der Waals surface area contributed by atoms with Gasteiger partial charge in [0.15, 0.2) is 11.5 Å². The summed E-state index contributed by atoms with van der Waals surface area (Å²) < 4.78 is 12.8. The zero-order chi connectivity index (χ0) is 25.5. The zero-order valence-electron chi connectivity index (χ0n) is 18.5. The number of benzene rings is 3. The van der Waals surface area contributed by atoms with E-state index >= 15 is 0 Å². The van der Waals surface area contributed by atoms with Gasteiger partial charge in [0.25, 0.3) is 0 Å². The van der Waals surface area contributed by atoms with E-state index in [1.54, 1.807) is 42.5 Å². The van der Waals surface area contributed by atoms with E-state index in [1.807, 2.05) is 13.0 Å². The zero-order valence-corrected chi connectivity index (χ0v) is 23.2. The van der Waals surface area contributed by atoms with Crippen molar-refractivity contribution in [1.29, 1.82) is 0 Å². The summed E-state index contributed by atoms with van der Waals surface area (Å²) in [6.45, 7) is 2.01. The minimum Gasteiger partial charge on any atom is -0.493 e. The van der Waals surface area contributed by atoms with E-state index in [1.165, 1.54) is 13.3 Å². The maximum absolute atomic E-state index is 12.2. The van der Waals surface area contributed by atoms with Gasteiger partial charge < -0.3 is 14.8 Å². The van der Waals surface area contributed by atoms with Gasteiger partial charge >= 0.3 is 11.8 Å². The average Bonchev–Trinajstić information content (AvgIpc) is 2.80. The van der Waals surface area contributed by atoms with Crippen molar-refractivity contribution >= 4 is 78.8 Å². The number of carbonyl (C=O) groups excluding carboxylic acids is 2. The minimum atomic E-state index is -0.908. The molecule has 2 N–H and O–H groups in total. The van der Waals surface area contributed by atoms with Crippen LogP contribution in [-0.2, 0) is 16.2 Å². The number of halogens is 4. The fourth-order valence-corrected chi connectivity index (χ4v) is 4.42. The molecule has 0 atom stereocenters. The Balaban J connectivity index is 1.64. The summed E-state index contributed by atoms with van der Waals surface area (Å²) in [5.41, 5.74) is 4.90. The van der Waals surface area contributed by atoms with E-state index in [-0.39, 0.29) is 6.61 Å². The molecule has 0 bridgehead atoms. The number of hydrogen-bond acceptors (Lipinski definition) is 5. The second kappa shape index (κ2) is 12.4. The second-order valence-corrected chi connectivity index (χ2v) is 9.78. The quantitative estimate of drug-likeness (QED) is 0.175. The summed E-state index contributed by atoms with van der Waals surface area (Å²) in [5.74, 6) is -0.852. The van der Waals surface area contributed by atoms with Gasteiger partial charge in [0, 0.05) is 25.8 Å². The van der Waals surface area contributed by atoms with Crippen molar-refractivity contribution in [2.45, 2.75) is 13.5 Å². The Kier molecular flexibility index (Phi) is 9.56. The third kappa shape index (κ3) is 7.44. The number of rotatable bonds is 7. The molecule has 0 radical (unpaired) electrons. The van der Waals surface area contributed by atoms with Crippen LogP contribution in [0.4, 0.5) is 5.69 Å².